The Morgan fingerprint density at radius 1 is 1.09 bits per heavy atom. The van der Waals surface area contributed by atoms with E-state index in [9.17, 15) is 9.59 Å². The molecule has 180 valence electrons. The highest BCUT2D eigenvalue weighted by Crippen LogP contribution is 2.22. The van der Waals surface area contributed by atoms with Crippen molar-refractivity contribution in [1.29, 1.82) is 0 Å². The third-order valence-corrected chi connectivity index (χ3v) is 6.53. The van der Waals surface area contributed by atoms with Gasteiger partial charge >= 0.3 is 0 Å². The molecule has 3 aromatic rings. The summed E-state index contributed by atoms with van der Waals surface area (Å²) in [7, 11) is 1.61. The van der Waals surface area contributed by atoms with Gasteiger partial charge in [-0.2, -0.15) is 0 Å². The largest absolute Gasteiger partial charge is 0.497 e. The number of nitrogens with zero attached hydrogens (tertiary/aromatic N) is 3. The number of ether oxygens (including phenoxy) is 1. The number of hydrogen-bond donors (Lipinski definition) is 2. The monoisotopic (exact) mass is 481 g/mol. The Bertz CT molecular complexity index is 1140. The minimum absolute atomic E-state index is 0.105. The van der Waals surface area contributed by atoms with E-state index >= 15 is 0 Å². The molecule has 0 aliphatic rings. The van der Waals surface area contributed by atoms with Crippen LogP contribution in [0.1, 0.15) is 42.4 Å². The number of aryl methyl sites for hydroxylation is 1. The molecule has 0 fully saturated rings. The molecular formula is C25H31N5O3S. The summed E-state index contributed by atoms with van der Waals surface area (Å²) in [6, 6.07) is 12.9. The molecule has 0 aliphatic carbocycles. The van der Waals surface area contributed by atoms with Crippen molar-refractivity contribution in [2.45, 2.75) is 51.9 Å². The van der Waals surface area contributed by atoms with Crippen LogP contribution >= 0.6 is 11.8 Å². The summed E-state index contributed by atoms with van der Waals surface area (Å²) in [6.07, 6.45) is 0.259. The number of carbonyl (C=O) groups is 2. The maximum absolute atomic E-state index is 12.5. The van der Waals surface area contributed by atoms with Crippen LogP contribution in [0.4, 0.5) is 5.69 Å². The van der Waals surface area contributed by atoms with Gasteiger partial charge in [0.1, 0.15) is 5.75 Å². The summed E-state index contributed by atoms with van der Waals surface area (Å²) in [5, 5.41) is 15.1. The lowest BCUT2D eigenvalue weighted by Gasteiger charge is -2.15. The number of methoxy groups -OCH3 is 1. The molecule has 9 heteroatoms. The number of anilines is 1. The van der Waals surface area contributed by atoms with E-state index in [0.717, 1.165) is 28.1 Å². The molecule has 2 aromatic carbocycles. The van der Waals surface area contributed by atoms with Crippen LogP contribution in [0, 0.1) is 13.8 Å². The zero-order chi connectivity index (χ0) is 24.7. The highest BCUT2D eigenvalue weighted by Gasteiger charge is 2.20. The molecule has 1 heterocycles. The van der Waals surface area contributed by atoms with E-state index in [1.54, 1.807) is 7.11 Å². The standard InChI is InChI=1S/C25H31N5O3S/c1-6-30-24(18(4)26-22(31)14-19-10-12-20(33-5)13-11-19)28-29-25(30)34-15-23(32)27-21-9-7-8-16(2)17(21)3/h7-13,18H,6,14-15H2,1-5H3,(H,26,31)(H,27,32). The third-order valence-electron chi connectivity index (χ3n) is 5.56. The van der Waals surface area contributed by atoms with Gasteiger partial charge in [-0.05, 0) is 62.6 Å². The Labute approximate surface area is 204 Å². The van der Waals surface area contributed by atoms with Crippen LogP contribution in [0.3, 0.4) is 0 Å². The van der Waals surface area contributed by atoms with E-state index in [1.165, 1.54) is 11.8 Å². The summed E-state index contributed by atoms with van der Waals surface area (Å²) < 4.78 is 7.08. The fourth-order valence-electron chi connectivity index (χ4n) is 3.51. The number of thioether (sulfide) groups is 1. The summed E-state index contributed by atoms with van der Waals surface area (Å²) in [5.74, 6) is 1.41. The molecule has 8 nitrogen and oxygen atoms in total. The van der Waals surface area contributed by atoms with Crippen molar-refractivity contribution in [1.82, 2.24) is 20.1 Å². The minimum atomic E-state index is -0.323. The Morgan fingerprint density at radius 3 is 2.50 bits per heavy atom. The number of rotatable bonds is 10. The Kier molecular flexibility index (Phi) is 8.70. The van der Waals surface area contributed by atoms with Gasteiger partial charge in [0.15, 0.2) is 11.0 Å². The lowest BCUT2D eigenvalue weighted by Crippen LogP contribution is -2.30. The van der Waals surface area contributed by atoms with Gasteiger partial charge < -0.3 is 19.9 Å². The zero-order valence-electron chi connectivity index (χ0n) is 20.2. The molecule has 0 saturated heterocycles. The topological polar surface area (TPSA) is 98.1 Å². The number of nitrogens with one attached hydrogen (secondary N) is 2. The van der Waals surface area contributed by atoms with Crippen molar-refractivity contribution in [2.24, 2.45) is 0 Å². The second kappa shape index (κ2) is 11.7. The van der Waals surface area contributed by atoms with Gasteiger partial charge in [-0.25, -0.2) is 0 Å². The Balaban J connectivity index is 1.58. The number of carbonyl (C=O) groups excluding carboxylic acids is 2. The third kappa shape index (κ3) is 6.38. The number of hydrogen-bond acceptors (Lipinski definition) is 6. The highest BCUT2D eigenvalue weighted by atomic mass is 32.2. The average molecular weight is 482 g/mol. The molecule has 3 rings (SSSR count). The van der Waals surface area contributed by atoms with Crippen LogP contribution in [0.25, 0.3) is 0 Å². The number of benzene rings is 2. The first-order valence-electron chi connectivity index (χ1n) is 11.2. The maximum atomic E-state index is 12.5. The van der Waals surface area contributed by atoms with Crippen LogP contribution in [0.2, 0.25) is 0 Å². The van der Waals surface area contributed by atoms with E-state index in [2.05, 4.69) is 20.8 Å². The lowest BCUT2D eigenvalue weighted by atomic mass is 10.1. The predicted octanol–water partition coefficient (Wildman–Crippen LogP) is 4.07. The van der Waals surface area contributed by atoms with Crippen molar-refractivity contribution in [3.63, 3.8) is 0 Å². The van der Waals surface area contributed by atoms with E-state index in [1.807, 2.05) is 74.7 Å². The van der Waals surface area contributed by atoms with Crippen molar-refractivity contribution in [3.8, 4) is 5.75 Å². The van der Waals surface area contributed by atoms with Gasteiger partial charge in [0, 0.05) is 12.2 Å². The fourth-order valence-corrected chi connectivity index (χ4v) is 4.32. The molecule has 0 aliphatic heterocycles. The van der Waals surface area contributed by atoms with Crippen molar-refractivity contribution in [3.05, 3.63) is 65.0 Å². The van der Waals surface area contributed by atoms with E-state index in [4.69, 9.17) is 4.74 Å². The summed E-state index contributed by atoms with van der Waals surface area (Å²) in [5.41, 5.74) is 3.90. The van der Waals surface area contributed by atoms with Gasteiger partial charge in [0.05, 0.1) is 25.3 Å². The molecule has 0 radical (unpaired) electrons. The molecule has 0 spiro atoms. The molecule has 0 bridgehead atoms. The normalized spacial score (nSPS) is 11.7. The van der Waals surface area contributed by atoms with Crippen LogP contribution in [0.5, 0.6) is 5.75 Å². The Hall–Kier alpha value is -3.33. The molecule has 34 heavy (non-hydrogen) atoms. The molecule has 0 saturated carbocycles. The van der Waals surface area contributed by atoms with E-state index in [-0.39, 0.29) is 30.0 Å². The average Bonchev–Trinajstić information content (AvgIpc) is 3.24. The highest BCUT2D eigenvalue weighted by molar-refractivity contribution is 7.99. The smallest absolute Gasteiger partial charge is 0.234 e. The second-order valence-electron chi connectivity index (χ2n) is 7.98. The van der Waals surface area contributed by atoms with Crippen LogP contribution < -0.4 is 15.4 Å². The molecule has 1 aromatic heterocycles. The summed E-state index contributed by atoms with van der Waals surface area (Å²) in [6.45, 7) is 8.50. The minimum Gasteiger partial charge on any atom is -0.497 e. The van der Waals surface area contributed by atoms with E-state index in [0.29, 0.717) is 17.5 Å². The SMILES string of the molecule is CCn1c(SCC(=O)Nc2cccc(C)c2C)nnc1C(C)NC(=O)Cc1ccc(OC)cc1. The fraction of sp³-hybridized carbons (Fsp3) is 0.360. The quantitative estimate of drug-likeness (QED) is 0.424. The molecule has 1 atom stereocenters. The van der Waals surface area contributed by atoms with Crippen molar-refractivity contribution >= 4 is 29.3 Å². The molecule has 1 unspecified atom stereocenters. The molecule has 2 amide bonds. The van der Waals surface area contributed by atoms with Gasteiger partial charge in [-0.1, -0.05) is 36.0 Å². The van der Waals surface area contributed by atoms with Gasteiger partial charge in [-0.3, -0.25) is 9.59 Å². The van der Waals surface area contributed by atoms with Gasteiger partial charge in [0.2, 0.25) is 11.8 Å². The lowest BCUT2D eigenvalue weighted by molar-refractivity contribution is -0.121. The summed E-state index contributed by atoms with van der Waals surface area (Å²) >= 11 is 1.32. The first-order chi connectivity index (χ1) is 16.3. The summed E-state index contributed by atoms with van der Waals surface area (Å²) in [4.78, 5) is 25.0. The molecular weight excluding hydrogens is 450 g/mol. The first kappa shape index (κ1) is 25.3. The van der Waals surface area contributed by atoms with Crippen molar-refractivity contribution in [2.75, 3.05) is 18.2 Å². The zero-order valence-corrected chi connectivity index (χ0v) is 21.0. The molecule has 2 N–H and O–H groups in total. The van der Waals surface area contributed by atoms with E-state index < -0.39 is 0 Å². The maximum Gasteiger partial charge on any atom is 0.234 e. The van der Waals surface area contributed by atoms with Crippen LogP contribution in [0.15, 0.2) is 47.6 Å². The number of amides is 2. The van der Waals surface area contributed by atoms with Crippen LogP contribution in [-0.2, 0) is 22.6 Å². The predicted molar refractivity (Wildman–Crippen MR) is 134 cm³/mol. The second-order valence-corrected chi connectivity index (χ2v) is 8.93. The van der Waals surface area contributed by atoms with Crippen LogP contribution in [-0.4, -0.2) is 39.4 Å². The number of aromatic nitrogens is 3. The first-order valence-corrected chi connectivity index (χ1v) is 12.1. The van der Waals surface area contributed by atoms with Gasteiger partial charge in [-0.15, -0.1) is 10.2 Å². The van der Waals surface area contributed by atoms with Gasteiger partial charge in [0.25, 0.3) is 0 Å². The van der Waals surface area contributed by atoms with Crippen molar-refractivity contribution < 1.29 is 14.3 Å². The Morgan fingerprint density at radius 2 is 1.82 bits per heavy atom.